The quantitative estimate of drug-likeness (QED) is 0.757. The first-order valence-corrected chi connectivity index (χ1v) is 5.93. The smallest absolute Gasteiger partial charge is 0.122 e. The van der Waals surface area contributed by atoms with Crippen molar-refractivity contribution in [1.82, 2.24) is 0 Å². The lowest BCUT2D eigenvalue weighted by molar-refractivity contribution is 0.119. The molecule has 0 amide bonds. The molecule has 1 aliphatic carbocycles. The highest BCUT2D eigenvalue weighted by Crippen LogP contribution is 2.29. The summed E-state index contributed by atoms with van der Waals surface area (Å²) in [6, 6.07) is 10.4. The zero-order chi connectivity index (χ0) is 11.4. The number of benzene rings is 1. The van der Waals surface area contributed by atoms with E-state index < -0.39 is 0 Å². The highest BCUT2D eigenvalue weighted by atomic mass is 16.5. The molecule has 2 nitrogen and oxygen atoms in total. The number of ether oxygens (including phenoxy) is 1. The van der Waals surface area contributed by atoms with E-state index in [1.807, 2.05) is 31.2 Å². The van der Waals surface area contributed by atoms with Crippen LogP contribution in [-0.2, 0) is 0 Å². The van der Waals surface area contributed by atoms with Crippen molar-refractivity contribution in [3.05, 3.63) is 29.8 Å². The lowest BCUT2D eigenvalue weighted by Gasteiger charge is -2.28. The third-order valence-electron chi connectivity index (χ3n) is 3.24. The van der Waals surface area contributed by atoms with Gasteiger partial charge in [-0.15, -0.1) is 0 Å². The lowest BCUT2D eigenvalue weighted by atomic mass is 9.87. The zero-order valence-corrected chi connectivity index (χ0v) is 9.65. The molecule has 0 aromatic heterocycles. The minimum Gasteiger partial charge on any atom is -0.489 e. The highest BCUT2D eigenvalue weighted by Gasteiger charge is 2.26. The molecule has 0 N–H and O–H groups in total. The van der Waals surface area contributed by atoms with Crippen molar-refractivity contribution < 1.29 is 4.74 Å². The van der Waals surface area contributed by atoms with Gasteiger partial charge in [0.05, 0.1) is 12.0 Å². The largest absolute Gasteiger partial charge is 0.489 e. The molecule has 2 rings (SSSR count). The molecule has 1 aromatic rings. The van der Waals surface area contributed by atoms with Crippen LogP contribution in [0, 0.1) is 24.2 Å². The monoisotopic (exact) mass is 215 g/mol. The second-order valence-corrected chi connectivity index (χ2v) is 4.44. The van der Waals surface area contributed by atoms with Gasteiger partial charge in [-0.1, -0.05) is 24.6 Å². The van der Waals surface area contributed by atoms with E-state index in [0.29, 0.717) is 0 Å². The standard InChI is InChI=1S/C14H17NO/c1-11-6-2-4-8-13(11)16-14-9-5-3-7-12(14)10-15/h2,4,6,8,12,14H,3,5,7,9H2,1H3. The summed E-state index contributed by atoms with van der Waals surface area (Å²) >= 11 is 0. The van der Waals surface area contributed by atoms with Crippen molar-refractivity contribution in [2.45, 2.75) is 38.7 Å². The molecule has 0 spiro atoms. The molecule has 0 radical (unpaired) electrons. The van der Waals surface area contributed by atoms with E-state index in [1.54, 1.807) is 0 Å². The Hall–Kier alpha value is -1.49. The normalized spacial score (nSPS) is 24.8. The molecule has 0 heterocycles. The van der Waals surface area contributed by atoms with E-state index >= 15 is 0 Å². The molecule has 1 saturated carbocycles. The fraction of sp³-hybridized carbons (Fsp3) is 0.500. The van der Waals surface area contributed by atoms with E-state index in [2.05, 4.69) is 6.07 Å². The van der Waals surface area contributed by atoms with Gasteiger partial charge in [0.2, 0.25) is 0 Å². The van der Waals surface area contributed by atoms with Gasteiger partial charge in [0.25, 0.3) is 0 Å². The molecule has 2 atom stereocenters. The number of para-hydroxylation sites is 1. The second kappa shape index (κ2) is 5.03. The summed E-state index contributed by atoms with van der Waals surface area (Å²) < 4.78 is 5.97. The molecule has 2 heteroatoms. The first-order chi connectivity index (χ1) is 7.81. The lowest BCUT2D eigenvalue weighted by Crippen LogP contribution is -2.29. The fourth-order valence-corrected chi connectivity index (χ4v) is 2.24. The number of aryl methyl sites for hydroxylation is 1. The summed E-state index contributed by atoms with van der Waals surface area (Å²) in [4.78, 5) is 0. The van der Waals surface area contributed by atoms with Crippen LogP contribution in [0.4, 0.5) is 0 Å². The molecule has 0 bridgehead atoms. The van der Waals surface area contributed by atoms with Crippen LogP contribution in [0.15, 0.2) is 24.3 Å². The van der Waals surface area contributed by atoms with Gasteiger partial charge in [0, 0.05) is 0 Å². The topological polar surface area (TPSA) is 33.0 Å². The van der Waals surface area contributed by atoms with Crippen molar-refractivity contribution >= 4 is 0 Å². The average molecular weight is 215 g/mol. The number of hydrogen-bond donors (Lipinski definition) is 0. The van der Waals surface area contributed by atoms with E-state index in [0.717, 1.165) is 30.6 Å². The maximum Gasteiger partial charge on any atom is 0.122 e. The Morgan fingerprint density at radius 3 is 2.75 bits per heavy atom. The molecule has 1 aromatic carbocycles. The predicted molar refractivity (Wildman–Crippen MR) is 63.2 cm³/mol. The van der Waals surface area contributed by atoms with Crippen LogP contribution in [-0.4, -0.2) is 6.10 Å². The van der Waals surface area contributed by atoms with E-state index in [1.165, 1.54) is 6.42 Å². The van der Waals surface area contributed by atoms with Gasteiger partial charge in [-0.3, -0.25) is 0 Å². The maximum atomic E-state index is 9.08. The van der Waals surface area contributed by atoms with Crippen molar-refractivity contribution in [3.8, 4) is 11.8 Å². The third kappa shape index (κ3) is 2.36. The Labute approximate surface area is 96.9 Å². The van der Waals surface area contributed by atoms with Gasteiger partial charge in [-0.2, -0.15) is 5.26 Å². The van der Waals surface area contributed by atoms with Crippen LogP contribution < -0.4 is 4.74 Å². The number of rotatable bonds is 2. The molecule has 84 valence electrons. The maximum absolute atomic E-state index is 9.08. The summed E-state index contributed by atoms with van der Waals surface area (Å²) in [5.41, 5.74) is 1.14. The second-order valence-electron chi connectivity index (χ2n) is 4.44. The summed E-state index contributed by atoms with van der Waals surface area (Å²) in [6.07, 6.45) is 4.40. The Morgan fingerprint density at radius 1 is 1.25 bits per heavy atom. The summed E-state index contributed by atoms with van der Waals surface area (Å²) in [5.74, 6) is 0.989. The molecule has 16 heavy (non-hydrogen) atoms. The minimum atomic E-state index is 0.0633. The van der Waals surface area contributed by atoms with Crippen molar-refractivity contribution in [2.75, 3.05) is 0 Å². The minimum absolute atomic E-state index is 0.0633. The van der Waals surface area contributed by atoms with Crippen LogP contribution in [0.1, 0.15) is 31.2 Å². The van der Waals surface area contributed by atoms with Gasteiger partial charge in [0.15, 0.2) is 0 Å². The van der Waals surface area contributed by atoms with Crippen molar-refractivity contribution in [1.29, 1.82) is 5.26 Å². The first kappa shape index (κ1) is 11.0. The van der Waals surface area contributed by atoms with Crippen LogP contribution in [0.25, 0.3) is 0 Å². The van der Waals surface area contributed by atoms with Gasteiger partial charge in [-0.05, 0) is 37.8 Å². The Balaban J connectivity index is 2.09. The van der Waals surface area contributed by atoms with Gasteiger partial charge in [-0.25, -0.2) is 0 Å². The van der Waals surface area contributed by atoms with Gasteiger partial charge in [0.1, 0.15) is 11.9 Å². The molecule has 1 fully saturated rings. The first-order valence-electron chi connectivity index (χ1n) is 5.93. The fourth-order valence-electron chi connectivity index (χ4n) is 2.24. The summed E-state index contributed by atoms with van der Waals surface area (Å²) in [7, 11) is 0. The Kier molecular flexibility index (Phi) is 3.46. The molecule has 1 aliphatic rings. The van der Waals surface area contributed by atoms with E-state index in [4.69, 9.17) is 10.00 Å². The van der Waals surface area contributed by atoms with Crippen molar-refractivity contribution in [3.63, 3.8) is 0 Å². The molecule has 0 saturated heterocycles. The molecular weight excluding hydrogens is 198 g/mol. The number of nitriles is 1. The van der Waals surface area contributed by atoms with Crippen LogP contribution in [0.3, 0.4) is 0 Å². The summed E-state index contributed by atoms with van der Waals surface area (Å²) in [5, 5.41) is 9.08. The SMILES string of the molecule is Cc1ccccc1OC1CCCCC1C#N. The molecule has 0 aliphatic heterocycles. The zero-order valence-electron chi connectivity index (χ0n) is 9.65. The average Bonchev–Trinajstić information content (AvgIpc) is 2.33. The van der Waals surface area contributed by atoms with Crippen LogP contribution in [0.2, 0.25) is 0 Å². The van der Waals surface area contributed by atoms with Gasteiger partial charge < -0.3 is 4.74 Å². The highest BCUT2D eigenvalue weighted by molar-refractivity contribution is 5.32. The Bertz CT molecular complexity index is 394. The molecule has 2 unspecified atom stereocenters. The van der Waals surface area contributed by atoms with Gasteiger partial charge >= 0.3 is 0 Å². The van der Waals surface area contributed by atoms with E-state index in [9.17, 15) is 0 Å². The number of nitrogens with zero attached hydrogens (tertiary/aromatic N) is 1. The predicted octanol–water partition coefficient (Wildman–Crippen LogP) is 3.46. The molecular formula is C14H17NO. The van der Waals surface area contributed by atoms with Crippen LogP contribution >= 0.6 is 0 Å². The number of hydrogen-bond acceptors (Lipinski definition) is 2. The van der Waals surface area contributed by atoms with E-state index in [-0.39, 0.29) is 12.0 Å². The summed E-state index contributed by atoms with van der Waals surface area (Å²) in [6.45, 7) is 2.04. The Morgan fingerprint density at radius 2 is 2.00 bits per heavy atom. The van der Waals surface area contributed by atoms with Crippen LogP contribution in [0.5, 0.6) is 5.75 Å². The third-order valence-corrected chi connectivity index (χ3v) is 3.24. The van der Waals surface area contributed by atoms with Crippen molar-refractivity contribution in [2.24, 2.45) is 5.92 Å².